The van der Waals surface area contributed by atoms with Gasteiger partial charge in [0.05, 0.1) is 26.6 Å². The quantitative estimate of drug-likeness (QED) is 0.289. The van der Waals surface area contributed by atoms with Crippen molar-refractivity contribution in [2.45, 2.75) is 97.8 Å². The van der Waals surface area contributed by atoms with Crippen LogP contribution in [0.3, 0.4) is 0 Å². The molecule has 0 rings (SSSR count). The summed E-state index contributed by atoms with van der Waals surface area (Å²) in [6, 6.07) is 0. The number of nitrogens with one attached hydrogen (secondary N) is 1. The predicted molar refractivity (Wildman–Crippen MR) is 112 cm³/mol. The lowest BCUT2D eigenvalue weighted by atomic mass is 10.1. The number of hydrogen-bond acceptors (Lipinski definition) is 3. The van der Waals surface area contributed by atoms with Gasteiger partial charge in [-0.3, -0.25) is 4.79 Å². The summed E-state index contributed by atoms with van der Waals surface area (Å²) in [5, 5.41) is 13.6. The molecule has 1 amide bonds. The zero-order valence-corrected chi connectivity index (χ0v) is 17.5. The minimum Gasteiger partial charge on any atom is -0.544 e. The molecule has 0 unspecified atom stereocenters. The largest absolute Gasteiger partial charge is 0.544 e. The summed E-state index contributed by atoms with van der Waals surface area (Å²) >= 11 is 0. The number of nitrogens with zero attached hydrogens (tertiary/aromatic N) is 1. The molecule has 0 atom stereocenters. The van der Waals surface area contributed by atoms with Crippen LogP contribution in [0, 0.1) is 0 Å². The van der Waals surface area contributed by atoms with Crippen molar-refractivity contribution in [1.82, 2.24) is 5.32 Å². The van der Waals surface area contributed by atoms with Crippen molar-refractivity contribution in [3.8, 4) is 0 Å². The van der Waals surface area contributed by atoms with Crippen LogP contribution in [0.4, 0.5) is 0 Å². The number of amides is 1. The minimum atomic E-state index is -1.03. The Hall–Kier alpha value is -1.10. The number of carbonyl (C=O) groups is 2. The number of carbonyl (C=O) groups excluding carboxylic acids is 2. The number of hydrogen-bond donors (Lipinski definition) is 1. The maximum atomic E-state index is 11.8. The summed E-state index contributed by atoms with van der Waals surface area (Å²) in [4.78, 5) is 22.4. The maximum Gasteiger partial charge on any atom is 0.219 e. The van der Waals surface area contributed by atoms with Gasteiger partial charge < -0.3 is 19.7 Å². The van der Waals surface area contributed by atoms with E-state index < -0.39 is 5.97 Å². The Bertz CT molecular complexity index is 371. The van der Waals surface area contributed by atoms with E-state index in [-0.39, 0.29) is 19.9 Å². The van der Waals surface area contributed by atoms with Crippen molar-refractivity contribution in [3.63, 3.8) is 0 Å². The Labute approximate surface area is 168 Å². The van der Waals surface area contributed by atoms with Crippen molar-refractivity contribution >= 4 is 11.9 Å². The van der Waals surface area contributed by atoms with Crippen molar-refractivity contribution in [2.75, 3.05) is 33.7 Å². The van der Waals surface area contributed by atoms with Crippen LogP contribution in [0.1, 0.15) is 97.8 Å². The molecule has 0 bridgehead atoms. The average Bonchev–Trinajstić information content (AvgIpc) is 2.55. The highest BCUT2D eigenvalue weighted by Gasteiger charge is 2.14. The molecular formula is C22H46N2O3. The van der Waals surface area contributed by atoms with E-state index in [9.17, 15) is 14.7 Å². The second-order valence-electron chi connectivity index (χ2n) is 8.18. The second-order valence-corrected chi connectivity index (χ2v) is 8.18. The lowest BCUT2D eigenvalue weighted by Crippen LogP contribution is -2.49. The molecule has 1 N–H and O–H groups in total. The third-order valence-electron chi connectivity index (χ3n) is 4.83. The van der Waals surface area contributed by atoms with E-state index in [2.05, 4.69) is 12.2 Å². The average molecular weight is 387 g/mol. The molecule has 5 heteroatoms. The smallest absolute Gasteiger partial charge is 0.219 e. The number of unbranched alkanes of at least 4 members (excludes halogenated alkanes) is 10. The fourth-order valence-corrected chi connectivity index (χ4v) is 3.20. The van der Waals surface area contributed by atoms with Gasteiger partial charge in [-0.2, -0.15) is 0 Å². The van der Waals surface area contributed by atoms with E-state index in [1.54, 1.807) is 0 Å². The Morgan fingerprint density at radius 1 is 0.815 bits per heavy atom. The number of quaternary nitrogens is 1. The first-order valence-corrected chi connectivity index (χ1v) is 10.7. The van der Waals surface area contributed by atoms with Crippen LogP contribution < -0.4 is 10.4 Å². The summed E-state index contributed by atoms with van der Waals surface area (Å²) in [6.07, 6.45) is 15.5. The molecule has 0 aliphatic rings. The first-order valence-electron chi connectivity index (χ1n) is 10.7. The normalized spacial score (nSPS) is 11.1. The molecule has 0 fully saturated rings. The third-order valence-corrected chi connectivity index (χ3v) is 4.83. The van der Waals surface area contributed by atoms with Crippen LogP contribution in [-0.4, -0.2) is 50.1 Å². The molecular weight excluding hydrogens is 340 g/mol. The number of rotatable bonds is 18. The van der Waals surface area contributed by atoms with E-state index in [4.69, 9.17) is 0 Å². The Kier molecular flexibility index (Phi) is 19.0. The van der Waals surface area contributed by atoms with Gasteiger partial charge in [0, 0.05) is 19.4 Å². The number of likely N-dealkylation sites (N-methyl/N-ethyl adjacent to an activating group) is 1. The van der Waals surface area contributed by atoms with Gasteiger partial charge in [-0.15, -0.1) is 0 Å². The molecule has 0 aliphatic heterocycles. The van der Waals surface area contributed by atoms with E-state index in [0.29, 0.717) is 24.0 Å². The number of carboxylic acid groups (broad SMARTS) is 1. The summed E-state index contributed by atoms with van der Waals surface area (Å²) in [5.41, 5.74) is 0. The van der Waals surface area contributed by atoms with Crippen molar-refractivity contribution in [3.05, 3.63) is 0 Å². The van der Waals surface area contributed by atoms with E-state index in [1.807, 2.05) is 14.1 Å². The van der Waals surface area contributed by atoms with Gasteiger partial charge in [0.1, 0.15) is 6.54 Å². The van der Waals surface area contributed by atoms with E-state index in [0.717, 1.165) is 19.3 Å². The van der Waals surface area contributed by atoms with Gasteiger partial charge in [-0.1, -0.05) is 78.6 Å². The molecule has 0 spiro atoms. The predicted octanol–water partition coefficient (Wildman–Crippen LogP) is 3.66. The van der Waals surface area contributed by atoms with Crippen LogP contribution in [-0.2, 0) is 9.59 Å². The Balaban J connectivity index is 0. The van der Waals surface area contributed by atoms with E-state index in [1.165, 1.54) is 57.8 Å². The molecule has 0 heterocycles. The maximum absolute atomic E-state index is 11.8. The Morgan fingerprint density at radius 2 is 1.30 bits per heavy atom. The first kappa shape index (κ1) is 28.1. The fourth-order valence-electron chi connectivity index (χ4n) is 3.20. The SMILES string of the molecule is C.CCCCCCCCCCCCCC(=O)NCCC[N+](C)(C)CC(=O)[O-]. The molecule has 0 aromatic rings. The molecule has 27 heavy (non-hydrogen) atoms. The topological polar surface area (TPSA) is 69.2 Å². The van der Waals surface area contributed by atoms with Crippen molar-refractivity contribution in [1.29, 1.82) is 0 Å². The van der Waals surface area contributed by atoms with Crippen molar-refractivity contribution < 1.29 is 19.2 Å². The standard InChI is InChI=1S/C21H42N2O3.CH4/c1-4-5-6-7-8-9-10-11-12-13-14-16-20(24)22-17-15-18-23(2,3)19-21(25)26;/h4-19H2,1-3H3,(H-,22,24,25,26);1H4. The monoisotopic (exact) mass is 386 g/mol. The van der Waals surface area contributed by atoms with Gasteiger partial charge in [-0.05, 0) is 6.42 Å². The number of aliphatic carboxylic acids is 1. The van der Waals surface area contributed by atoms with Gasteiger partial charge >= 0.3 is 0 Å². The fraction of sp³-hybridized carbons (Fsp3) is 0.909. The van der Waals surface area contributed by atoms with Crippen LogP contribution in [0.15, 0.2) is 0 Å². The molecule has 0 aliphatic carbocycles. The molecule has 5 nitrogen and oxygen atoms in total. The molecule has 0 saturated heterocycles. The zero-order valence-electron chi connectivity index (χ0n) is 17.5. The summed E-state index contributed by atoms with van der Waals surface area (Å²) in [5.74, 6) is -0.915. The third kappa shape index (κ3) is 21.1. The summed E-state index contributed by atoms with van der Waals surface area (Å²) < 4.78 is 0.386. The van der Waals surface area contributed by atoms with Gasteiger partial charge in [0.15, 0.2) is 0 Å². The van der Waals surface area contributed by atoms with Crippen molar-refractivity contribution in [2.24, 2.45) is 0 Å². The highest BCUT2D eigenvalue weighted by Crippen LogP contribution is 2.11. The minimum absolute atomic E-state index is 0. The van der Waals surface area contributed by atoms with Crippen LogP contribution >= 0.6 is 0 Å². The van der Waals surface area contributed by atoms with Crippen LogP contribution in [0.5, 0.6) is 0 Å². The molecule has 162 valence electrons. The van der Waals surface area contributed by atoms with Gasteiger partial charge in [0.25, 0.3) is 0 Å². The van der Waals surface area contributed by atoms with Crippen LogP contribution in [0.2, 0.25) is 0 Å². The molecule has 0 radical (unpaired) electrons. The highest BCUT2D eigenvalue weighted by atomic mass is 16.4. The Morgan fingerprint density at radius 3 is 1.78 bits per heavy atom. The molecule has 0 saturated carbocycles. The van der Waals surface area contributed by atoms with Gasteiger partial charge in [-0.25, -0.2) is 0 Å². The molecule has 0 aromatic carbocycles. The zero-order chi connectivity index (χ0) is 19.7. The summed E-state index contributed by atoms with van der Waals surface area (Å²) in [6.45, 7) is 3.59. The summed E-state index contributed by atoms with van der Waals surface area (Å²) in [7, 11) is 3.73. The van der Waals surface area contributed by atoms with Gasteiger partial charge in [0.2, 0.25) is 5.91 Å². The lowest BCUT2D eigenvalue weighted by molar-refractivity contribution is -0.884. The highest BCUT2D eigenvalue weighted by molar-refractivity contribution is 5.75. The number of carboxylic acids is 1. The first-order chi connectivity index (χ1) is 12.4. The van der Waals surface area contributed by atoms with E-state index >= 15 is 0 Å². The molecule has 0 aromatic heterocycles. The second kappa shape index (κ2) is 18.3. The lowest BCUT2D eigenvalue weighted by Gasteiger charge is -2.30. The van der Waals surface area contributed by atoms with Crippen LogP contribution in [0.25, 0.3) is 0 Å².